The van der Waals surface area contributed by atoms with Gasteiger partial charge in [0.2, 0.25) is 10.0 Å². The third-order valence-electron chi connectivity index (χ3n) is 3.18. The first kappa shape index (κ1) is 15.8. The Kier molecular flexibility index (Phi) is 5.17. The van der Waals surface area contributed by atoms with E-state index in [9.17, 15) is 8.42 Å². The van der Waals surface area contributed by atoms with E-state index in [0.29, 0.717) is 6.54 Å². The largest absolute Gasteiger partial charge is 0.472 e. The third kappa shape index (κ3) is 4.42. The van der Waals surface area contributed by atoms with Gasteiger partial charge in [0.15, 0.2) is 0 Å². The van der Waals surface area contributed by atoms with E-state index in [1.165, 1.54) is 10.6 Å². The zero-order chi connectivity index (χ0) is 15.3. The Hall–Kier alpha value is -1.63. The van der Waals surface area contributed by atoms with E-state index in [4.69, 9.17) is 4.42 Å². The Morgan fingerprint density at radius 1 is 1.19 bits per heavy atom. The lowest BCUT2D eigenvalue weighted by Gasteiger charge is -2.16. The molecule has 0 bridgehead atoms. The predicted octanol–water partition coefficient (Wildman–Crippen LogP) is 1.96. The molecule has 21 heavy (non-hydrogen) atoms. The number of hydrogen-bond donors (Lipinski definition) is 1. The zero-order valence-corrected chi connectivity index (χ0v) is 13.1. The highest BCUT2D eigenvalue weighted by Gasteiger charge is 2.19. The van der Waals surface area contributed by atoms with Crippen molar-refractivity contribution in [2.45, 2.75) is 18.8 Å². The average Bonchev–Trinajstić information content (AvgIpc) is 2.92. The van der Waals surface area contributed by atoms with Gasteiger partial charge in [-0.3, -0.25) is 0 Å². The van der Waals surface area contributed by atoms with Crippen LogP contribution in [0.4, 0.5) is 0 Å². The van der Waals surface area contributed by atoms with Crippen LogP contribution >= 0.6 is 0 Å². The van der Waals surface area contributed by atoms with Crippen LogP contribution in [0, 0.1) is 0 Å². The first-order valence-electron chi connectivity index (χ1n) is 6.69. The molecule has 0 saturated heterocycles. The maximum absolute atomic E-state index is 12.4. The molecule has 114 valence electrons. The molecule has 2 aromatic rings. The summed E-state index contributed by atoms with van der Waals surface area (Å²) in [6, 6.07) is 9.37. The number of hydrogen-bond acceptors (Lipinski definition) is 4. The zero-order valence-electron chi connectivity index (χ0n) is 12.2. The van der Waals surface area contributed by atoms with Gasteiger partial charge in [-0.1, -0.05) is 24.3 Å². The number of furan rings is 1. The second-order valence-corrected chi connectivity index (χ2v) is 7.07. The fourth-order valence-corrected chi connectivity index (χ4v) is 3.26. The van der Waals surface area contributed by atoms with Crippen molar-refractivity contribution in [3.05, 3.63) is 59.5 Å². The minimum atomic E-state index is -3.35. The number of nitrogens with one attached hydrogen (secondary N) is 1. The molecule has 0 aliphatic heterocycles. The molecule has 0 saturated carbocycles. The topological polar surface area (TPSA) is 62.6 Å². The van der Waals surface area contributed by atoms with Gasteiger partial charge in [0.05, 0.1) is 18.3 Å². The predicted molar refractivity (Wildman–Crippen MR) is 82.0 cm³/mol. The van der Waals surface area contributed by atoms with Gasteiger partial charge < -0.3 is 9.73 Å². The van der Waals surface area contributed by atoms with E-state index in [1.807, 2.05) is 31.3 Å². The molecule has 0 unspecified atom stereocenters. The summed E-state index contributed by atoms with van der Waals surface area (Å²) in [7, 11) is 0.0965. The molecule has 0 amide bonds. The van der Waals surface area contributed by atoms with Crippen LogP contribution in [0.1, 0.15) is 16.7 Å². The monoisotopic (exact) mass is 308 g/mol. The molecule has 0 fully saturated rings. The van der Waals surface area contributed by atoms with E-state index in [0.717, 1.165) is 23.2 Å². The van der Waals surface area contributed by atoms with Crippen molar-refractivity contribution in [3.8, 4) is 0 Å². The van der Waals surface area contributed by atoms with Crippen molar-refractivity contribution in [2.75, 3.05) is 14.1 Å². The van der Waals surface area contributed by atoms with Crippen LogP contribution < -0.4 is 5.32 Å². The van der Waals surface area contributed by atoms with Crippen molar-refractivity contribution >= 4 is 10.0 Å². The lowest BCUT2D eigenvalue weighted by molar-refractivity contribution is 0.462. The minimum absolute atomic E-state index is 0.00109. The molecule has 6 heteroatoms. The summed E-state index contributed by atoms with van der Waals surface area (Å²) in [4.78, 5) is 0. The molecule has 1 heterocycles. The summed E-state index contributed by atoms with van der Waals surface area (Å²) < 4.78 is 31.1. The molecule has 0 aliphatic rings. The van der Waals surface area contributed by atoms with E-state index in [-0.39, 0.29) is 5.75 Å². The Balaban J connectivity index is 2.07. The summed E-state index contributed by atoms with van der Waals surface area (Å²) in [5.74, 6) is -0.00109. The van der Waals surface area contributed by atoms with Crippen molar-refractivity contribution in [1.29, 1.82) is 0 Å². The number of benzene rings is 1. The van der Waals surface area contributed by atoms with Crippen LogP contribution in [0.2, 0.25) is 0 Å². The second-order valence-electron chi connectivity index (χ2n) is 4.99. The van der Waals surface area contributed by atoms with Gasteiger partial charge in [0.1, 0.15) is 0 Å². The van der Waals surface area contributed by atoms with E-state index in [2.05, 4.69) is 5.32 Å². The minimum Gasteiger partial charge on any atom is -0.472 e. The first-order valence-corrected chi connectivity index (χ1v) is 8.29. The Morgan fingerprint density at radius 2 is 1.95 bits per heavy atom. The van der Waals surface area contributed by atoms with Gasteiger partial charge in [0, 0.05) is 25.7 Å². The molecule has 1 aromatic carbocycles. The lowest BCUT2D eigenvalue weighted by atomic mass is 10.1. The van der Waals surface area contributed by atoms with E-state index >= 15 is 0 Å². The molecule has 0 spiro atoms. The highest BCUT2D eigenvalue weighted by atomic mass is 32.2. The summed E-state index contributed by atoms with van der Waals surface area (Å²) in [6.07, 6.45) is 3.09. The summed E-state index contributed by atoms with van der Waals surface area (Å²) >= 11 is 0. The Morgan fingerprint density at radius 3 is 2.62 bits per heavy atom. The molecule has 5 nitrogen and oxygen atoms in total. The van der Waals surface area contributed by atoms with Gasteiger partial charge in [-0.25, -0.2) is 12.7 Å². The normalized spacial score (nSPS) is 12.0. The maximum Gasteiger partial charge on any atom is 0.218 e. The summed E-state index contributed by atoms with van der Waals surface area (Å²) in [5.41, 5.74) is 2.70. The van der Waals surface area contributed by atoms with Gasteiger partial charge in [-0.2, -0.15) is 0 Å². The average molecular weight is 308 g/mol. The molecule has 1 N–H and O–H groups in total. The second kappa shape index (κ2) is 6.89. The first-order chi connectivity index (χ1) is 10.0. The van der Waals surface area contributed by atoms with Crippen molar-refractivity contribution in [1.82, 2.24) is 9.62 Å². The van der Waals surface area contributed by atoms with Gasteiger partial charge >= 0.3 is 0 Å². The van der Waals surface area contributed by atoms with Crippen LogP contribution in [-0.4, -0.2) is 26.8 Å². The SMILES string of the molecule is CNCc1cccc(CS(=O)(=O)N(C)Cc2ccoc2)c1. The van der Waals surface area contributed by atoms with Crippen LogP contribution in [0.15, 0.2) is 47.3 Å². The third-order valence-corrected chi connectivity index (χ3v) is 4.96. The molecule has 0 aliphatic carbocycles. The number of sulfonamides is 1. The van der Waals surface area contributed by atoms with Gasteiger partial charge in [-0.15, -0.1) is 0 Å². The lowest BCUT2D eigenvalue weighted by Crippen LogP contribution is -2.27. The Bertz CT molecular complexity index is 666. The van der Waals surface area contributed by atoms with Gasteiger partial charge in [0.25, 0.3) is 0 Å². The fraction of sp³-hybridized carbons (Fsp3) is 0.333. The van der Waals surface area contributed by atoms with Crippen molar-refractivity contribution < 1.29 is 12.8 Å². The smallest absolute Gasteiger partial charge is 0.218 e. The number of nitrogens with zero attached hydrogens (tertiary/aromatic N) is 1. The van der Waals surface area contributed by atoms with Crippen LogP contribution in [0.5, 0.6) is 0 Å². The fourth-order valence-electron chi connectivity index (χ4n) is 2.09. The van der Waals surface area contributed by atoms with E-state index in [1.54, 1.807) is 19.4 Å². The van der Waals surface area contributed by atoms with Crippen LogP contribution in [0.25, 0.3) is 0 Å². The molecule has 2 rings (SSSR count). The summed E-state index contributed by atoms with van der Waals surface area (Å²) in [5, 5.41) is 3.06. The van der Waals surface area contributed by atoms with Crippen LogP contribution in [-0.2, 0) is 28.9 Å². The van der Waals surface area contributed by atoms with Crippen LogP contribution in [0.3, 0.4) is 0 Å². The highest BCUT2D eigenvalue weighted by molar-refractivity contribution is 7.88. The Labute approximate surface area is 125 Å². The summed E-state index contributed by atoms with van der Waals surface area (Å²) in [6.45, 7) is 1.04. The quantitative estimate of drug-likeness (QED) is 0.849. The van der Waals surface area contributed by atoms with E-state index < -0.39 is 10.0 Å². The molecular formula is C15H20N2O3S. The molecular weight excluding hydrogens is 288 g/mol. The van der Waals surface area contributed by atoms with Crippen molar-refractivity contribution in [2.24, 2.45) is 0 Å². The standard InChI is InChI=1S/C15H20N2O3S/c1-16-9-13-4-3-5-14(8-13)12-21(18,19)17(2)10-15-6-7-20-11-15/h3-8,11,16H,9-10,12H2,1-2H3. The van der Waals surface area contributed by atoms with Crippen molar-refractivity contribution in [3.63, 3.8) is 0 Å². The molecule has 0 atom stereocenters. The highest BCUT2D eigenvalue weighted by Crippen LogP contribution is 2.14. The van der Waals surface area contributed by atoms with Gasteiger partial charge in [-0.05, 0) is 24.2 Å². The number of rotatable bonds is 7. The molecule has 1 aromatic heterocycles. The molecule has 0 radical (unpaired) electrons. The maximum atomic E-state index is 12.4.